The van der Waals surface area contributed by atoms with Crippen LogP contribution >= 0.6 is 0 Å². The third kappa shape index (κ3) is 11.8. The number of hydrogen-bond acceptors (Lipinski definition) is 6. The summed E-state index contributed by atoms with van der Waals surface area (Å²) >= 11 is 0. The lowest BCUT2D eigenvalue weighted by atomic mass is 9.77. The molecule has 0 aromatic heterocycles. The molecule has 0 aliphatic heterocycles. The highest BCUT2D eigenvalue weighted by Gasteiger charge is 2.39. The molecular formula is C28H45NO7Si. The Bertz CT molecular complexity index is 805. The number of benzene rings is 1. The van der Waals surface area contributed by atoms with Gasteiger partial charge in [-0.15, -0.1) is 0 Å². The fourth-order valence-corrected chi connectivity index (χ4v) is 7.53. The number of rotatable bonds is 17. The van der Waals surface area contributed by atoms with Gasteiger partial charge in [-0.05, 0) is 94.8 Å². The summed E-state index contributed by atoms with van der Waals surface area (Å²) < 4.78 is 22.9. The Morgan fingerprint density at radius 2 is 1.59 bits per heavy atom. The van der Waals surface area contributed by atoms with Gasteiger partial charge in [0.15, 0.2) is 0 Å². The Morgan fingerprint density at radius 3 is 2.16 bits per heavy atom. The van der Waals surface area contributed by atoms with Crippen molar-refractivity contribution in [2.75, 3.05) is 33.0 Å². The van der Waals surface area contributed by atoms with Gasteiger partial charge in [-0.2, -0.15) is 0 Å². The average Bonchev–Trinajstić information content (AvgIpc) is 2.89. The first-order valence-corrected chi connectivity index (χ1v) is 15.7. The summed E-state index contributed by atoms with van der Waals surface area (Å²) in [7, 11) is -2.67. The minimum absolute atomic E-state index is 0.373. The highest BCUT2D eigenvalue weighted by molar-refractivity contribution is 6.60. The lowest BCUT2D eigenvalue weighted by Crippen LogP contribution is -2.46. The molecule has 1 fully saturated rings. The highest BCUT2D eigenvalue weighted by Crippen LogP contribution is 2.37. The molecular weight excluding hydrogens is 490 g/mol. The molecule has 2 N–H and O–H groups in total. The van der Waals surface area contributed by atoms with Crippen LogP contribution in [0.2, 0.25) is 6.04 Å². The molecule has 0 radical (unpaired) electrons. The Balaban J connectivity index is 1.58. The fraction of sp³-hybridized carbons (Fsp3) is 0.643. The van der Waals surface area contributed by atoms with Crippen LogP contribution in [0.25, 0.3) is 6.08 Å². The minimum Gasteiger partial charge on any atom is -0.478 e. The van der Waals surface area contributed by atoms with E-state index in [0.29, 0.717) is 57.3 Å². The van der Waals surface area contributed by atoms with Crippen LogP contribution in [0.1, 0.15) is 82.8 Å². The molecule has 0 heterocycles. The van der Waals surface area contributed by atoms with Crippen molar-refractivity contribution in [3.05, 3.63) is 41.5 Å². The van der Waals surface area contributed by atoms with Gasteiger partial charge in [0.05, 0.1) is 6.61 Å². The number of hydrogen-bond donors (Lipinski definition) is 2. The standard InChI is InChI=1S/C28H45NO7Si/c1-4-34-37(35-5-2,36-6-3)22-8-20-29-28(32)33-21-7-9-23-10-15-25(16-11-23)26-17-12-24(13-18-26)14-19-27(30)31/h12-14,17-19,23,25H,4-11,15-16,20-22H2,1-3H3,(H,29,32)(H,30,31)/b19-14+. The molecule has 1 amide bonds. The van der Waals surface area contributed by atoms with E-state index in [4.69, 9.17) is 23.1 Å². The van der Waals surface area contributed by atoms with Crippen molar-refractivity contribution >= 4 is 26.9 Å². The average molecular weight is 536 g/mol. The van der Waals surface area contributed by atoms with Crippen molar-refractivity contribution in [3.63, 3.8) is 0 Å². The number of ether oxygens (including phenoxy) is 1. The lowest BCUT2D eigenvalue weighted by molar-refractivity contribution is -0.131. The molecule has 2 rings (SSSR count). The summed E-state index contributed by atoms with van der Waals surface area (Å²) in [4.78, 5) is 22.7. The van der Waals surface area contributed by atoms with E-state index in [0.717, 1.165) is 37.3 Å². The second kappa shape index (κ2) is 17.3. The van der Waals surface area contributed by atoms with E-state index in [1.54, 1.807) is 6.08 Å². The molecule has 208 valence electrons. The van der Waals surface area contributed by atoms with Crippen LogP contribution in [0.4, 0.5) is 4.79 Å². The van der Waals surface area contributed by atoms with Crippen LogP contribution in [0, 0.1) is 5.92 Å². The first-order valence-electron chi connectivity index (χ1n) is 13.7. The summed E-state index contributed by atoms with van der Waals surface area (Å²) in [6.07, 6.45) is 9.75. The molecule has 1 aromatic carbocycles. The maximum atomic E-state index is 12.0. The van der Waals surface area contributed by atoms with Crippen LogP contribution in [-0.2, 0) is 22.8 Å². The van der Waals surface area contributed by atoms with Gasteiger partial charge in [0.25, 0.3) is 0 Å². The maximum absolute atomic E-state index is 12.0. The molecule has 1 saturated carbocycles. The monoisotopic (exact) mass is 535 g/mol. The van der Waals surface area contributed by atoms with E-state index < -0.39 is 14.8 Å². The van der Waals surface area contributed by atoms with Crippen LogP contribution < -0.4 is 5.32 Å². The lowest BCUT2D eigenvalue weighted by Gasteiger charge is -2.29. The molecule has 8 nitrogen and oxygen atoms in total. The smallest absolute Gasteiger partial charge is 0.478 e. The molecule has 1 aromatic rings. The predicted molar refractivity (Wildman–Crippen MR) is 146 cm³/mol. The van der Waals surface area contributed by atoms with Gasteiger partial charge in [-0.3, -0.25) is 0 Å². The van der Waals surface area contributed by atoms with Gasteiger partial charge in [0.1, 0.15) is 0 Å². The Morgan fingerprint density at radius 1 is 0.973 bits per heavy atom. The van der Waals surface area contributed by atoms with Gasteiger partial charge in [-0.25, -0.2) is 9.59 Å². The van der Waals surface area contributed by atoms with Crippen LogP contribution in [0.5, 0.6) is 0 Å². The number of aliphatic carboxylic acids is 1. The SMILES string of the molecule is CCO[Si](CCCNC(=O)OCCCC1CCC(c2ccc(/C=C/C(=O)O)cc2)CC1)(OCC)OCC. The van der Waals surface area contributed by atoms with Crippen LogP contribution in [0.3, 0.4) is 0 Å². The topological polar surface area (TPSA) is 103 Å². The second-order valence-electron chi connectivity index (χ2n) is 9.35. The second-order valence-corrected chi connectivity index (χ2v) is 12.1. The Kier molecular flexibility index (Phi) is 14.5. The molecule has 0 unspecified atom stereocenters. The number of alkyl carbamates (subject to hydrolysis) is 1. The number of carboxylic acids is 1. The summed E-state index contributed by atoms with van der Waals surface area (Å²) in [5.74, 6) is 0.301. The van der Waals surface area contributed by atoms with Crippen LogP contribution in [0.15, 0.2) is 30.3 Å². The Hall–Kier alpha value is -2.20. The number of carbonyl (C=O) groups is 2. The number of carbonyl (C=O) groups excluding carboxylic acids is 1. The summed E-state index contributed by atoms with van der Waals surface area (Å²) in [5, 5.41) is 11.6. The molecule has 9 heteroatoms. The molecule has 0 saturated heterocycles. The number of carboxylic acid groups (broad SMARTS) is 1. The highest BCUT2D eigenvalue weighted by atomic mass is 28.4. The third-order valence-electron chi connectivity index (χ3n) is 6.68. The largest absolute Gasteiger partial charge is 0.500 e. The predicted octanol–water partition coefficient (Wildman–Crippen LogP) is 6.00. The van der Waals surface area contributed by atoms with E-state index >= 15 is 0 Å². The van der Waals surface area contributed by atoms with E-state index in [2.05, 4.69) is 17.4 Å². The van der Waals surface area contributed by atoms with E-state index in [-0.39, 0.29) is 6.09 Å². The van der Waals surface area contributed by atoms with E-state index in [1.165, 1.54) is 18.4 Å². The molecule has 1 aliphatic rings. The molecule has 0 bridgehead atoms. The molecule has 0 spiro atoms. The van der Waals surface area contributed by atoms with Crippen molar-refractivity contribution in [2.45, 2.75) is 77.7 Å². The summed E-state index contributed by atoms with van der Waals surface area (Å²) in [6.45, 7) is 8.38. The van der Waals surface area contributed by atoms with Gasteiger partial charge in [0.2, 0.25) is 0 Å². The van der Waals surface area contributed by atoms with Gasteiger partial charge < -0.3 is 28.4 Å². The quantitative estimate of drug-likeness (QED) is 0.143. The van der Waals surface area contributed by atoms with E-state index in [9.17, 15) is 9.59 Å². The van der Waals surface area contributed by atoms with E-state index in [1.807, 2.05) is 32.9 Å². The first-order chi connectivity index (χ1) is 17.9. The van der Waals surface area contributed by atoms with Crippen molar-refractivity contribution in [1.82, 2.24) is 5.32 Å². The zero-order valence-electron chi connectivity index (χ0n) is 22.7. The maximum Gasteiger partial charge on any atom is 0.500 e. The van der Waals surface area contributed by atoms with Crippen molar-refractivity contribution < 1.29 is 32.7 Å². The minimum atomic E-state index is -2.67. The van der Waals surface area contributed by atoms with Gasteiger partial charge >= 0.3 is 20.9 Å². The van der Waals surface area contributed by atoms with Gasteiger partial charge in [0, 0.05) is 38.5 Å². The fourth-order valence-electron chi connectivity index (χ4n) is 4.92. The Labute approximate surface area is 223 Å². The summed E-state index contributed by atoms with van der Waals surface area (Å²) in [6, 6.07) is 8.87. The number of nitrogens with one attached hydrogen (secondary N) is 1. The zero-order chi connectivity index (χ0) is 26.9. The van der Waals surface area contributed by atoms with Gasteiger partial charge in [-0.1, -0.05) is 24.3 Å². The first kappa shape index (κ1) is 31.0. The van der Waals surface area contributed by atoms with Crippen molar-refractivity contribution in [3.8, 4) is 0 Å². The van der Waals surface area contributed by atoms with Crippen LogP contribution in [-0.4, -0.2) is 58.9 Å². The summed E-state index contributed by atoms with van der Waals surface area (Å²) in [5.41, 5.74) is 2.23. The zero-order valence-corrected chi connectivity index (χ0v) is 23.7. The molecule has 1 aliphatic carbocycles. The number of amides is 1. The normalized spacial score (nSPS) is 18.1. The molecule has 0 atom stereocenters. The molecule has 37 heavy (non-hydrogen) atoms. The third-order valence-corrected chi connectivity index (χ3v) is 9.84. The van der Waals surface area contributed by atoms with Crippen molar-refractivity contribution in [2.24, 2.45) is 5.92 Å². The van der Waals surface area contributed by atoms with Crippen molar-refractivity contribution in [1.29, 1.82) is 0 Å².